The molecule has 0 aromatic carbocycles. The number of thiazole rings is 1. The van der Waals surface area contributed by atoms with E-state index in [0.717, 1.165) is 17.8 Å². The van der Waals surface area contributed by atoms with Crippen LogP contribution in [0.4, 0.5) is 0 Å². The van der Waals surface area contributed by atoms with Crippen LogP contribution in [0.3, 0.4) is 0 Å². The molecule has 0 unspecified atom stereocenters. The summed E-state index contributed by atoms with van der Waals surface area (Å²) in [6, 6.07) is 0.391. The molecule has 0 spiro atoms. The van der Waals surface area contributed by atoms with Crippen molar-refractivity contribution in [1.82, 2.24) is 14.3 Å². The first-order valence-electron chi connectivity index (χ1n) is 6.87. The Kier molecular flexibility index (Phi) is 3.31. The van der Waals surface area contributed by atoms with E-state index in [0.29, 0.717) is 11.7 Å². The van der Waals surface area contributed by atoms with Crippen LogP contribution in [-0.4, -0.2) is 33.3 Å². The summed E-state index contributed by atoms with van der Waals surface area (Å²) < 4.78 is 1.95. The largest absolute Gasteiger partial charge is 0.337 e. The summed E-state index contributed by atoms with van der Waals surface area (Å²) in [5.74, 6) is 0.0560. The molecule has 2 heterocycles. The van der Waals surface area contributed by atoms with Crippen LogP contribution in [0.25, 0.3) is 4.96 Å². The molecule has 2 aromatic rings. The number of nitrogens with zero attached hydrogens (tertiary/aromatic N) is 3. The first-order valence-corrected chi connectivity index (χ1v) is 7.69. The van der Waals surface area contributed by atoms with Crippen molar-refractivity contribution in [2.75, 3.05) is 7.05 Å². The molecule has 1 saturated carbocycles. The lowest BCUT2D eigenvalue weighted by atomic mass is 9.94. The summed E-state index contributed by atoms with van der Waals surface area (Å²) >= 11 is 1.62. The fourth-order valence-electron chi connectivity index (χ4n) is 2.83. The van der Waals surface area contributed by atoms with Crippen LogP contribution < -0.4 is 0 Å². The van der Waals surface area contributed by atoms with E-state index in [4.69, 9.17) is 0 Å². The molecule has 3 rings (SSSR count). The Balaban J connectivity index is 1.79. The Labute approximate surface area is 117 Å². The van der Waals surface area contributed by atoms with Crippen LogP contribution in [0, 0.1) is 6.92 Å². The smallest absolute Gasteiger partial charge is 0.274 e. The van der Waals surface area contributed by atoms with Gasteiger partial charge in [-0.25, -0.2) is 4.98 Å². The molecule has 1 amide bonds. The van der Waals surface area contributed by atoms with Gasteiger partial charge in [0.25, 0.3) is 5.91 Å². The normalized spacial score (nSPS) is 16.9. The van der Waals surface area contributed by atoms with Crippen LogP contribution in [0.2, 0.25) is 0 Å². The fraction of sp³-hybridized carbons (Fsp3) is 0.571. The van der Waals surface area contributed by atoms with E-state index in [-0.39, 0.29) is 5.91 Å². The standard InChI is InChI=1S/C14H19N3OS/c1-10-8-17-9-12(15-14(17)19-10)13(18)16(2)11-6-4-3-5-7-11/h8-9,11H,3-7H2,1-2H3. The van der Waals surface area contributed by atoms with Crippen LogP contribution in [0.15, 0.2) is 12.4 Å². The first kappa shape index (κ1) is 12.7. The van der Waals surface area contributed by atoms with E-state index < -0.39 is 0 Å². The zero-order valence-electron chi connectivity index (χ0n) is 11.4. The van der Waals surface area contributed by atoms with E-state index in [9.17, 15) is 4.79 Å². The maximum Gasteiger partial charge on any atom is 0.274 e. The molecule has 0 atom stereocenters. The second kappa shape index (κ2) is 4.96. The van der Waals surface area contributed by atoms with Gasteiger partial charge < -0.3 is 4.90 Å². The molecule has 19 heavy (non-hydrogen) atoms. The third-order valence-electron chi connectivity index (χ3n) is 3.93. The zero-order chi connectivity index (χ0) is 13.4. The molecular weight excluding hydrogens is 258 g/mol. The highest BCUT2D eigenvalue weighted by Crippen LogP contribution is 2.23. The minimum atomic E-state index is 0.0560. The Morgan fingerprint density at radius 2 is 2.11 bits per heavy atom. The summed E-state index contributed by atoms with van der Waals surface area (Å²) in [6.07, 6.45) is 9.90. The maximum atomic E-state index is 12.5. The van der Waals surface area contributed by atoms with Gasteiger partial charge in [-0.05, 0) is 19.8 Å². The van der Waals surface area contributed by atoms with Gasteiger partial charge >= 0.3 is 0 Å². The van der Waals surface area contributed by atoms with E-state index >= 15 is 0 Å². The van der Waals surface area contributed by atoms with E-state index in [1.54, 1.807) is 11.3 Å². The summed E-state index contributed by atoms with van der Waals surface area (Å²) in [5, 5.41) is 0. The summed E-state index contributed by atoms with van der Waals surface area (Å²) in [7, 11) is 1.91. The molecule has 0 radical (unpaired) electrons. The van der Waals surface area contributed by atoms with Gasteiger partial charge in [0.2, 0.25) is 0 Å². The SMILES string of the molecule is Cc1cn2cc(C(=O)N(C)C3CCCCC3)nc2s1. The second-order valence-corrected chi connectivity index (χ2v) is 6.58. The van der Waals surface area contributed by atoms with Gasteiger partial charge in [-0.3, -0.25) is 9.20 Å². The minimum Gasteiger partial charge on any atom is -0.337 e. The monoisotopic (exact) mass is 277 g/mol. The van der Waals surface area contributed by atoms with E-state index in [1.165, 1.54) is 24.1 Å². The van der Waals surface area contributed by atoms with Gasteiger partial charge in [0.05, 0.1) is 0 Å². The van der Waals surface area contributed by atoms with Gasteiger partial charge in [0, 0.05) is 30.4 Å². The average Bonchev–Trinajstić information content (AvgIpc) is 2.95. The van der Waals surface area contributed by atoms with Crippen LogP contribution in [0.1, 0.15) is 47.5 Å². The van der Waals surface area contributed by atoms with Crippen LogP contribution in [-0.2, 0) is 0 Å². The van der Waals surface area contributed by atoms with Gasteiger partial charge in [0.1, 0.15) is 5.69 Å². The molecule has 0 aliphatic heterocycles. The average molecular weight is 277 g/mol. The van der Waals surface area contributed by atoms with Gasteiger partial charge in [0.15, 0.2) is 4.96 Å². The van der Waals surface area contributed by atoms with E-state index in [1.807, 2.05) is 28.7 Å². The number of hydrogen-bond donors (Lipinski definition) is 0. The predicted octanol–water partition coefficient (Wildman–Crippen LogP) is 3.11. The second-order valence-electron chi connectivity index (χ2n) is 5.37. The molecule has 0 bridgehead atoms. The third-order valence-corrected chi connectivity index (χ3v) is 4.85. The number of aromatic nitrogens is 2. The maximum absolute atomic E-state index is 12.5. The molecular formula is C14H19N3OS. The summed E-state index contributed by atoms with van der Waals surface area (Å²) in [4.78, 5) is 20.9. The lowest BCUT2D eigenvalue weighted by Crippen LogP contribution is -2.38. The van der Waals surface area contributed by atoms with Crippen molar-refractivity contribution < 1.29 is 4.79 Å². The molecule has 5 heteroatoms. The third kappa shape index (κ3) is 2.39. The Morgan fingerprint density at radius 1 is 1.37 bits per heavy atom. The topological polar surface area (TPSA) is 37.6 Å². The molecule has 1 aliphatic rings. The molecule has 1 fully saturated rings. The number of carbonyl (C=O) groups is 1. The van der Waals surface area contributed by atoms with Crippen molar-refractivity contribution in [2.45, 2.75) is 45.1 Å². The Bertz CT molecular complexity index is 563. The number of fused-ring (bicyclic) bond motifs is 1. The van der Waals surface area contributed by atoms with Crippen LogP contribution in [0.5, 0.6) is 0 Å². The molecule has 4 nitrogen and oxygen atoms in total. The van der Waals surface area contributed by atoms with Gasteiger partial charge in [-0.15, -0.1) is 11.3 Å². The lowest BCUT2D eigenvalue weighted by molar-refractivity contribution is 0.0691. The van der Waals surface area contributed by atoms with Gasteiger partial charge in [-0.1, -0.05) is 19.3 Å². The highest BCUT2D eigenvalue weighted by molar-refractivity contribution is 7.17. The van der Waals surface area contributed by atoms with Crippen molar-refractivity contribution in [3.05, 3.63) is 23.0 Å². The van der Waals surface area contributed by atoms with Crippen molar-refractivity contribution in [1.29, 1.82) is 0 Å². The highest BCUT2D eigenvalue weighted by atomic mass is 32.1. The fourth-order valence-corrected chi connectivity index (χ4v) is 3.64. The molecule has 102 valence electrons. The number of aryl methyl sites for hydroxylation is 1. The van der Waals surface area contributed by atoms with Crippen LogP contribution >= 0.6 is 11.3 Å². The van der Waals surface area contributed by atoms with E-state index in [2.05, 4.69) is 11.9 Å². The minimum absolute atomic E-state index is 0.0560. The predicted molar refractivity (Wildman–Crippen MR) is 76.8 cm³/mol. The number of carbonyl (C=O) groups excluding carboxylic acids is 1. The zero-order valence-corrected chi connectivity index (χ0v) is 12.2. The number of amides is 1. The number of imidazole rings is 1. The van der Waals surface area contributed by atoms with Crippen molar-refractivity contribution >= 4 is 22.2 Å². The van der Waals surface area contributed by atoms with Crippen molar-refractivity contribution in [2.24, 2.45) is 0 Å². The lowest BCUT2D eigenvalue weighted by Gasteiger charge is -2.30. The van der Waals surface area contributed by atoms with Crippen molar-refractivity contribution in [3.8, 4) is 0 Å². The Hall–Kier alpha value is -1.36. The number of rotatable bonds is 2. The van der Waals surface area contributed by atoms with Crippen molar-refractivity contribution in [3.63, 3.8) is 0 Å². The highest BCUT2D eigenvalue weighted by Gasteiger charge is 2.24. The molecule has 0 N–H and O–H groups in total. The first-order chi connectivity index (χ1) is 9.15. The van der Waals surface area contributed by atoms with Gasteiger partial charge in [-0.2, -0.15) is 0 Å². The summed E-state index contributed by atoms with van der Waals surface area (Å²) in [5.41, 5.74) is 0.569. The summed E-state index contributed by atoms with van der Waals surface area (Å²) in [6.45, 7) is 2.05. The molecule has 1 aliphatic carbocycles. The Morgan fingerprint density at radius 3 is 2.79 bits per heavy atom. The molecule has 0 saturated heterocycles. The quantitative estimate of drug-likeness (QED) is 0.846. The molecule has 2 aromatic heterocycles. The number of hydrogen-bond acceptors (Lipinski definition) is 3.